The number of halogens is 1. The first-order chi connectivity index (χ1) is 9.83. The maximum absolute atomic E-state index is 12.3. The molecule has 1 aromatic rings. The van der Waals surface area contributed by atoms with Gasteiger partial charge in [-0.1, -0.05) is 13.3 Å². The van der Waals surface area contributed by atoms with Gasteiger partial charge in [0, 0.05) is 30.5 Å². The van der Waals surface area contributed by atoms with Gasteiger partial charge in [-0.3, -0.25) is 4.79 Å². The summed E-state index contributed by atoms with van der Waals surface area (Å²) < 4.78 is 29.4. The summed E-state index contributed by atoms with van der Waals surface area (Å²) in [6.45, 7) is 4.72. The molecule has 1 rings (SSSR count). The predicted octanol–water partition coefficient (Wildman–Crippen LogP) is 1.98. The van der Waals surface area contributed by atoms with Crippen molar-refractivity contribution in [1.82, 2.24) is 9.88 Å². The number of carbonyl (C=O) groups excluding carboxylic acids is 1. The van der Waals surface area contributed by atoms with Crippen LogP contribution in [0, 0.1) is 0 Å². The van der Waals surface area contributed by atoms with Gasteiger partial charge in [-0.15, -0.1) is 0 Å². The van der Waals surface area contributed by atoms with E-state index in [-0.39, 0.29) is 22.5 Å². The van der Waals surface area contributed by atoms with E-state index in [1.807, 2.05) is 13.8 Å². The van der Waals surface area contributed by atoms with Crippen LogP contribution in [0.4, 0.5) is 0 Å². The zero-order valence-corrected chi connectivity index (χ0v) is 14.0. The van der Waals surface area contributed by atoms with Crippen molar-refractivity contribution >= 4 is 25.6 Å². The average molecular weight is 337 g/mol. The van der Waals surface area contributed by atoms with E-state index in [1.54, 1.807) is 11.7 Å². The predicted molar refractivity (Wildman–Crippen MR) is 81.2 cm³/mol. The second-order valence-corrected chi connectivity index (χ2v) is 7.27. The quantitative estimate of drug-likeness (QED) is 0.736. The molecule has 0 radical (unpaired) electrons. The van der Waals surface area contributed by atoms with E-state index in [9.17, 15) is 13.2 Å². The Hall–Kier alpha value is -1.05. The maximum Gasteiger partial charge on any atom is 0.268 e. The van der Waals surface area contributed by atoms with Gasteiger partial charge in [0.05, 0.1) is 12.6 Å². The second-order valence-electron chi connectivity index (χ2n) is 4.70. The van der Waals surface area contributed by atoms with Gasteiger partial charge in [0.1, 0.15) is 10.6 Å². The van der Waals surface area contributed by atoms with Gasteiger partial charge >= 0.3 is 0 Å². The Morgan fingerprint density at radius 3 is 2.62 bits per heavy atom. The normalized spacial score (nSPS) is 13.1. The number of aromatic nitrogens is 1. The molecule has 8 heteroatoms. The van der Waals surface area contributed by atoms with Crippen LogP contribution < -0.4 is 5.32 Å². The Kier molecular flexibility index (Phi) is 6.70. The molecule has 1 heterocycles. The molecule has 1 amide bonds. The maximum atomic E-state index is 12.3. The average Bonchev–Trinajstić information content (AvgIpc) is 2.83. The zero-order valence-electron chi connectivity index (χ0n) is 12.4. The van der Waals surface area contributed by atoms with Crippen molar-refractivity contribution in [2.24, 2.45) is 0 Å². The Balaban J connectivity index is 2.98. The molecule has 0 saturated heterocycles. The Morgan fingerprint density at radius 1 is 1.48 bits per heavy atom. The number of rotatable bonds is 8. The van der Waals surface area contributed by atoms with Crippen molar-refractivity contribution in [3.63, 3.8) is 0 Å². The fourth-order valence-electron chi connectivity index (χ4n) is 2.08. The van der Waals surface area contributed by atoms with E-state index in [1.165, 1.54) is 12.3 Å². The summed E-state index contributed by atoms with van der Waals surface area (Å²) >= 11 is 0. The third-order valence-electron chi connectivity index (χ3n) is 3.07. The van der Waals surface area contributed by atoms with Gasteiger partial charge in [-0.05, 0) is 19.4 Å². The van der Waals surface area contributed by atoms with Gasteiger partial charge in [0.2, 0.25) is 0 Å². The molecule has 6 nitrogen and oxygen atoms in total. The fraction of sp³-hybridized carbons (Fsp3) is 0.615. The van der Waals surface area contributed by atoms with Crippen LogP contribution in [0.25, 0.3) is 0 Å². The summed E-state index contributed by atoms with van der Waals surface area (Å²) in [5.74, 6) is -0.334. The minimum atomic E-state index is -3.85. The molecule has 0 aliphatic carbocycles. The summed E-state index contributed by atoms with van der Waals surface area (Å²) in [6, 6.07) is 1.18. The van der Waals surface area contributed by atoms with Gasteiger partial charge in [0.15, 0.2) is 0 Å². The molecule has 0 aromatic carbocycles. The van der Waals surface area contributed by atoms with Crippen LogP contribution in [-0.4, -0.2) is 38.7 Å². The van der Waals surface area contributed by atoms with Crippen molar-refractivity contribution in [2.45, 2.75) is 44.2 Å². The SMILES string of the molecule is CCCC(COC)NC(=O)c1cc(S(=O)(=O)Cl)cn1CC. The number of hydrogen-bond donors (Lipinski definition) is 1. The number of aryl methyl sites for hydroxylation is 1. The Bertz CT molecular complexity index is 577. The van der Waals surface area contributed by atoms with Gasteiger partial charge in [-0.2, -0.15) is 0 Å². The minimum absolute atomic E-state index is 0.0741. The lowest BCUT2D eigenvalue weighted by Gasteiger charge is -2.17. The number of ether oxygens (including phenoxy) is 1. The summed E-state index contributed by atoms with van der Waals surface area (Å²) in [4.78, 5) is 12.2. The Labute approximate surface area is 129 Å². The van der Waals surface area contributed by atoms with Crippen molar-refractivity contribution < 1.29 is 17.9 Å². The molecule has 0 fully saturated rings. The lowest BCUT2D eigenvalue weighted by molar-refractivity contribution is 0.0882. The van der Waals surface area contributed by atoms with Crippen LogP contribution in [-0.2, 0) is 20.3 Å². The van der Waals surface area contributed by atoms with Gasteiger partial charge < -0.3 is 14.6 Å². The van der Waals surface area contributed by atoms with Crippen LogP contribution in [0.2, 0.25) is 0 Å². The monoisotopic (exact) mass is 336 g/mol. The molecular weight excluding hydrogens is 316 g/mol. The van der Waals surface area contributed by atoms with Crippen LogP contribution in [0.1, 0.15) is 37.2 Å². The highest BCUT2D eigenvalue weighted by Gasteiger charge is 2.21. The Morgan fingerprint density at radius 2 is 2.14 bits per heavy atom. The van der Waals surface area contributed by atoms with Crippen LogP contribution in [0.5, 0.6) is 0 Å². The van der Waals surface area contributed by atoms with E-state index < -0.39 is 9.05 Å². The highest BCUT2D eigenvalue weighted by Crippen LogP contribution is 2.19. The molecule has 1 aromatic heterocycles. The summed E-state index contributed by atoms with van der Waals surface area (Å²) in [5, 5.41) is 2.85. The topological polar surface area (TPSA) is 77.4 Å². The zero-order chi connectivity index (χ0) is 16.0. The highest BCUT2D eigenvalue weighted by molar-refractivity contribution is 8.13. The van der Waals surface area contributed by atoms with E-state index in [0.29, 0.717) is 13.2 Å². The first-order valence-electron chi connectivity index (χ1n) is 6.78. The molecule has 120 valence electrons. The number of carbonyl (C=O) groups is 1. The van der Waals surface area contributed by atoms with Gasteiger partial charge in [0.25, 0.3) is 15.0 Å². The molecule has 0 saturated carbocycles. The van der Waals surface area contributed by atoms with Crippen molar-refractivity contribution in [3.05, 3.63) is 18.0 Å². The summed E-state index contributed by atoms with van der Waals surface area (Å²) in [5.41, 5.74) is 0.272. The van der Waals surface area contributed by atoms with Crippen LogP contribution in [0.3, 0.4) is 0 Å². The minimum Gasteiger partial charge on any atom is -0.383 e. The molecule has 1 N–H and O–H groups in total. The van der Waals surface area contributed by atoms with Crippen LogP contribution in [0.15, 0.2) is 17.2 Å². The number of nitrogens with one attached hydrogen (secondary N) is 1. The molecule has 1 atom stereocenters. The lowest BCUT2D eigenvalue weighted by atomic mass is 10.2. The van der Waals surface area contributed by atoms with E-state index in [4.69, 9.17) is 15.4 Å². The molecule has 0 aliphatic heterocycles. The van der Waals surface area contributed by atoms with E-state index in [2.05, 4.69) is 5.32 Å². The van der Waals surface area contributed by atoms with Crippen LogP contribution >= 0.6 is 10.7 Å². The molecule has 0 spiro atoms. The first-order valence-corrected chi connectivity index (χ1v) is 9.09. The molecular formula is C13H21ClN2O4S. The molecule has 0 bridgehead atoms. The highest BCUT2D eigenvalue weighted by atomic mass is 35.7. The second kappa shape index (κ2) is 7.82. The lowest BCUT2D eigenvalue weighted by Crippen LogP contribution is -2.38. The number of amides is 1. The summed E-state index contributed by atoms with van der Waals surface area (Å²) in [6.07, 6.45) is 3.06. The standard InChI is InChI=1S/C13H21ClN2O4S/c1-4-6-10(9-20-3)15-13(17)12-7-11(21(14,18)19)8-16(12)5-2/h7-8,10H,4-6,9H2,1-3H3,(H,15,17). The smallest absolute Gasteiger partial charge is 0.268 e. The first kappa shape index (κ1) is 18.0. The largest absolute Gasteiger partial charge is 0.383 e. The third kappa shape index (κ3) is 5.01. The third-order valence-corrected chi connectivity index (χ3v) is 4.39. The van der Waals surface area contributed by atoms with Gasteiger partial charge in [-0.25, -0.2) is 8.42 Å². The van der Waals surface area contributed by atoms with E-state index >= 15 is 0 Å². The molecule has 0 aliphatic rings. The van der Waals surface area contributed by atoms with Crippen molar-refractivity contribution in [2.75, 3.05) is 13.7 Å². The molecule has 1 unspecified atom stereocenters. The molecule has 21 heavy (non-hydrogen) atoms. The summed E-state index contributed by atoms with van der Waals surface area (Å²) in [7, 11) is 3.04. The van der Waals surface area contributed by atoms with E-state index in [0.717, 1.165) is 12.8 Å². The number of methoxy groups -OCH3 is 1. The van der Waals surface area contributed by atoms with Crippen molar-refractivity contribution in [3.8, 4) is 0 Å². The van der Waals surface area contributed by atoms with Crippen molar-refractivity contribution in [1.29, 1.82) is 0 Å². The fourth-order valence-corrected chi connectivity index (χ4v) is 2.83. The number of hydrogen-bond acceptors (Lipinski definition) is 4. The number of nitrogens with zero attached hydrogens (tertiary/aromatic N) is 1.